The predicted molar refractivity (Wildman–Crippen MR) is 122 cm³/mol. The lowest BCUT2D eigenvalue weighted by Gasteiger charge is -2.29. The summed E-state index contributed by atoms with van der Waals surface area (Å²) in [6, 6.07) is 19.8. The highest BCUT2D eigenvalue weighted by atomic mass is 16.5. The molecule has 0 aliphatic carbocycles. The first-order valence-corrected chi connectivity index (χ1v) is 10.1. The molecule has 2 amide bonds. The number of carbonyl (C=O) groups is 2. The number of imide groups is 1. The maximum atomic E-state index is 13.5. The normalized spacial score (nSPS) is 14.3. The number of hydrogen-bond donors (Lipinski definition) is 0. The molecule has 0 radical (unpaired) electrons. The number of carbonyl (C=O) groups excluding carboxylic acids is 2. The number of hydrogen-bond acceptors (Lipinski definition) is 5. The summed E-state index contributed by atoms with van der Waals surface area (Å²) in [5, 5.41) is 0. The van der Waals surface area contributed by atoms with Crippen molar-refractivity contribution in [2.45, 2.75) is 6.54 Å². The third kappa shape index (κ3) is 3.95. The van der Waals surface area contributed by atoms with Gasteiger partial charge in [0, 0.05) is 22.8 Å². The summed E-state index contributed by atoms with van der Waals surface area (Å²) < 4.78 is 15.9. The molecule has 6 heteroatoms. The Labute approximate surface area is 186 Å². The first-order chi connectivity index (χ1) is 15.5. The number of rotatable bonds is 6. The van der Waals surface area contributed by atoms with Crippen LogP contribution in [-0.2, 0) is 11.3 Å². The molecule has 0 fully saturated rings. The molecule has 0 spiro atoms. The predicted octanol–water partition coefficient (Wildman–Crippen LogP) is 4.44. The molecular weight excluding hydrogens is 406 g/mol. The van der Waals surface area contributed by atoms with Crippen molar-refractivity contribution >= 4 is 23.5 Å². The molecule has 0 saturated heterocycles. The maximum absolute atomic E-state index is 13.5. The van der Waals surface area contributed by atoms with Gasteiger partial charge in [0.1, 0.15) is 17.2 Å². The Balaban J connectivity index is 1.78. The Morgan fingerprint density at radius 2 is 1.41 bits per heavy atom. The van der Waals surface area contributed by atoms with Crippen molar-refractivity contribution in [1.29, 1.82) is 0 Å². The van der Waals surface area contributed by atoms with E-state index in [4.69, 9.17) is 14.2 Å². The molecule has 162 valence electrons. The van der Waals surface area contributed by atoms with Gasteiger partial charge in [0.25, 0.3) is 11.8 Å². The van der Waals surface area contributed by atoms with Crippen LogP contribution in [0.4, 0.5) is 0 Å². The molecule has 0 unspecified atom stereocenters. The standard InChI is InChI=1S/C26H23NO5/c1-30-19-11-8-17(9-12-19)16-27-25(28)22-7-5-4-6-21(22)23(26(27)29)14-18-10-13-20(31-2)15-24(18)32-3/h4-15H,16H2,1-3H3/b23-14-. The molecule has 4 rings (SSSR count). The minimum absolute atomic E-state index is 0.160. The van der Waals surface area contributed by atoms with E-state index in [1.807, 2.05) is 24.3 Å². The molecule has 1 aliphatic rings. The quantitative estimate of drug-likeness (QED) is 0.428. The minimum atomic E-state index is -0.359. The molecule has 0 bridgehead atoms. The molecule has 0 N–H and O–H groups in total. The summed E-state index contributed by atoms with van der Waals surface area (Å²) in [4.78, 5) is 27.9. The summed E-state index contributed by atoms with van der Waals surface area (Å²) in [6.07, 6.45) is 1.76. The highest BCUT2D eigenvalue weighted by Gasteiger charge is 2.34. The topological polar surface area (TPSA) is 65.1 Å². The lowest BCUT2D eigenvalue weighted by Crippen LogP contribution is -2.41. The summed E-state index contributed by atoms with van der Waals surface area (Å²) >= 11 is 0. The van der Waals surface area contributed by atoms with Crippen LogP contribution in [0.1, 0.15) is 27.0 Å². The van der Waals surface area contributed by atoms with Crippen molar-refractivity contribution in [2.75, 3.05) is 21.3 Å². The van der Waals surface area contributed by atoms with E-state index in [9.17, 15) is 9.59 Å². The highest BCUT2D eigenvalue weighted by molar-refractivity contribution is 6.33. The van der Waals surface area contributed by atoms with Gasteiger partial charge in [-0.25, -0.2) is 0 Å². The molecule has 32 heavy (non-hydrogen) atoms. The second kappa shape index (κ2) is 8.98. The zero-order chi connectivity index (χ0) is 22.7. The molecule has 0 saturated carbocycles. The van der Waals surface area contributed by atoms with Crippen LogP contribution in [0.2, 0.25) is 0 Å². The van der Waals surface area contributed by atoms with E-state index in [0.717, 1.165) is 5.56 Å². The van der Waals surface area contributed by atoms with Crippen LogP contribution in [0.15, 0.2) is 66.7 Å². The molecule has 1 heterocycles. The van der Waals surface area contributed by atoms with Gasteiger partial charge in [0.05, 0.1) is 27.9 Å². The maximum Gasteiger partial charge on any atom is 0.261 e. The van der Waals surface area contributed by atoms with E-state index in [2.05, 4.69) is 0 Å². The lowest BCUT2D eigenvalue weighted by molar-refractivity contribution is -0.123. The number of benzene rings is 3. The zero-order valence-corrected chi connectivity index (χ0v) is 18.1. The number of methoxy groups -OCH3 is 3. The molecule has 0 aromatic heterocycles. The Morgan fingerprint density at radius 3 is 2.06 bits per heavy atom. The van der Waals surface area contributed by atoms with E-state index in [1.54, 1.807) is 69.9 Å². The van der Waals surface area contributed by atoms with Gasteiger partial charge < -0.3 is 14.2 Å². The van der Waals surface area contributed by atoms with Crippen LogP contribution in [0.5, 0.6) is 17.2 Å². The monoisotopic (exact) mass is 429 g/mol. The Kier molecular flexibility index (Phi) is 5.94. The van der Waals surface area contributed by atoms with Gasteiger partial charge in [-0.2, -0.15) is 0 Å². The molecule has 0 atom stereocenters. The van der Waals surface area contributed by atoms with E-state index in [0.29, 0.717) is 39.5 Å². The zero-order valence-electron chi connectivity index (χ0n) is 18.1. The number of fused-ring (bicyclic) bond motifs is 1. The van der Waals surface area contributed by atoms with Crippen molar-refractivity contribution < 1.29 is 23.8 Å². The van der Waals surface area contributed by atoms with E-state index in [1.165, 1.54) is 4.90 Å². The fourth-order valence-electron chi connectivity index (χ4n) is 3.69. The van der Waals surface area contributed by atoms with Gasteiger partial charge in [0.2, 0.25) is 0 Å². The van der Waals surface area contributed by atoms with Crippen molar-refractivity contribution in [3.63, 3.8) is 0 Å². The van der Waals surface area contributed by atoms with Gasteiger partial charge in [0.15, 0.2) is 0 Å². The lowest BCUT2D eigenvalue weighted by atomic mass is 9.91. The number of ether oxygens (including phenoxy) is 3. The Morgan fingerprint density at radius 1 is 0.750 bits per heavy atom. The van der Waals surface area contributed by atoms with Gasteiger partial charge in [-0.15, -0.1) is 0 Å². The molecule has 3 aromatic carbocycles. The molecule has 3 aromatic rings. The summed E-state index contributed by atoms with van der Waals surface area (Å²) in [5.41, 5.74) is 3.06. The largest absolute Gasteiger partial charge is 0.497 e. The van der Waals surface area contributed by atoms with E-state index >= 15 is 0 Å². The van der Waals surface area contributed by atoms with E-state index < -0.39 is 0 Å². The highest BCUT2D eigenvalue weighted by Crippen LogP contribution is 2.34. The molecule has 6 nitrogen and oxygen atoms in total. The van der Waals surface area contributed by atoms with Crippen LogP contribution in [-0.4, -0.2) is 38.0 Å². The molecule has 1 aliphatic heterocycles. The fraction of sp³-hybridized carbons (Fsp3) is 0.154. The third-order valence-electron chi connectivity index (χ3n) is 5.41. The van der Waals surface area contributed by atoms with Gasteiger partial charge in [-0.05, 0) is 47.5 Å². The third-order valence-corrected chi connectivity index (χ3v) is 5.41. The summed E-state index contributed by atoms with van der Waals surface area (Å²) in [7, 11) is 4.73. The van der Waals surface area contributed by atoms with Gasteiger partial charge in [-0.1, -0.05) is 30.3 Å². The smallest absolute Gasteiger partial charge is 0.261 e. The Bertz CT molecular complexity index is 1200. The van der Waals surface area contributed by atoms with Crippen molar-refractivity contribution in [1.82, 2.24) is 4.90 Å². The minimum Gasteiger partial charge on any atom is -0.497 e. The average Bonchev–Trinajstić information content (AvgIpc) is 2.84. The number of amides is 2. The van der Waals surface area contributed by atoms with Crippen LogP contribution in [0.3, 0.4) is 0 Å². The second-order valence-electron chi connectivity index (χ2n) is 7.26. The first-order valence-electron chi connectivity index (χ1n) is 10.1. The van der Waals surface area contributed by atoms with E-state index in [-0.39, 0.29) is 18.4 Å². The van der Waals surface area contributed by atoms with Crippen LogP contribution in [0, 0.1) is 0 Å². The number of nitrogens with zero attached hydrogens (tertiary/aromatic N) is 1. The van der Waals surface area contributed by atoms with Gasteiger partial charge in [-0.3, -0.25) is 14.5 Å². The first kappa shape index (κ1) is 21.2. The SMILES string of the molecule is COc1ccc(CN2C(=O)/C(=C\c3ccc(OC)cc3OC)c3ccccc3C2=O)cc1. The second-order valence-corrected chi connectivity index (χ2v) is 7.26. The van der Waals surface area contributed by atoms with Crippen LogP contribution in [0.25, 0.3) is 11.6 Å². The average molecular weight is 429 g/mol. The fourth-order valence-corrected chi connectivity index (χ4v) is 3.69. The molecular formula is C26H23NO5. The van der Waals surface area contributed by atoms with Gasteiger partial charge >= 0.3 is 0 Å². The van der Waals surface area contributed by atoms with Crippen LogP contribution < -0.4 is 14.2 Å². The summed E-state index contributed by atoms with van der Waals surface area (Å²) in [6.45, 7) is 0.160. The Hall–Kier alpha value is -4.06. The van der Waals surface area contributed by atoms with Crippen molar-refractivity contribution in [2.24, 2.45) is 0 Å². The van der Waals surface area contributed by atoms with Crippen molar-refractivity contribution in [3.05, 3.63) is 89.0 Å². The van der Waals surface area contributed by atoms with Crippen molar-refractivity contribution in [3.8, 4) is 17.2 Å². The van der Waals surface area contributed by atoms with Crippen LogP contribution >= 0.6 is 0 Å². The summed E-state index contributed by atoms with van der Waals surface area (Å²) in [5.74, 6) is 1.25.